The summed E-state index contributed by atoms with van der Waals surface area (Å²) in [4.78, 5) is 78.0. The number of hydrogen-bond acceptors (Lipinski definition) is 13. The zero-order chi connectivity index (χ0) is 99.2. The van der Waals surface area contributed by atoms with Gasteiger partial charge in [-0.05, 0) is 180 Å². The number of aromatic nitrogens is 13. The summed E-state index contributed by atoms with van der Waals surface area (Å²) >= 11 is 61.2. The minimum atomic E-state index is -0.698. The van der Waals surface area contributed by atoms with Crippen LogP contribution < -0.4 is 26.6 Å². The molecule has 20 aromatic rings. The summed E-state index contributed by atoms with van der Waals surface area (Å²) in [6.07, 6.45) is 11.5. The van der Waals surface area contributed by atoms with Gasteiger partial charge >= 0.3 is 0 Å². The van der Waals surface area contributed by atoms with Crippen LogP contribution in [0.25, 0.3) is 54.5 Å². The van der Waals surface area contributed by atoms with Gasteiger partial charge in [-0.25, -0.2) is 22.0 Å². The number of para-hydroxylation sites is 5. The Bertz CT molecular complexity index is 7790. The second-order valence-corrected chi connectivity index (χ2v) is 35.3. The molecule has 5 N–H and O–H groups in total. The molecule has 0 radical (unpaired) electrons. The van der Waals surface area contributed by atoms with Crippen molar-refractivity contribution in [2.45, 2.75) is 39.6 Å². The molecule has 0 atom stereocenters. The zero-order valence-corrected chi connectivity index (χ0v) is 80.6. The van der Waals surface area contributed by atoms with E-state index in [1.54, 1.807) is 105 Å². The molecule has 0 bridgehead atoms. The van der Waals surface area contributed by atoms with Gasteiger partial charge in [-0.15, -0.1) is 0 Å². The molecule has 0 spiro atoms. The van der Waals surface area contributed by atoms with E-state index in [1.807, 2.05) is 150 Å². The van der Waals surface area contributed by atoms with Crippen LogP contribution in [-0.4, -0.2) is 93.2 Å². The van der Waals surface area contributed by atoms with Crippen LogP contribution in [0.4, 0.5) is 50.8 Å². The highest BCUT2D eigenvalue weighted by Gasteiger charge is 2.26. The van der Waals surface area contributed by atoms with Gasteiger partial charge in [-0.2, -0.15) is 20.4 Å². The molecule has 0 aliphatic carbocycles. The maximum atomic E-state index is 14.1. The highest BCUT2D eigenvalue weighted by Crippen LogP contribution is 2.36. The summed E-state index contributed by atoms with van der Waals surface area (Å²) in [5, 5.41) is 40.3. The Hall–Kier alpha value is -14.7. The number of benzene rings is 11. The molecule has 0 unspecified atom stereocenters. The minimum absolute atomic E-state index is 0.0399. The predicted octanol–water partition coefficient (Wildman–Crippen LogP) is 27.4. The molecule has 38 heteroatoms. The number of halogens is 15. The number of aryl methyl sites for hydroxylation is 1. The molecule has 0 saturated heterocycles. The van der Waals surface area contributed by atoms with Crippen LogP contribution >= 0.6 is 116 Å². The number of nitrogens with zero attached hydrogens (tertiary/aromatic N) is 13. The molecule has 0 aliphatic rings. The summed E-state index contributed by atoms with van der Waals surface area (Å²) in [5.74, 6) is -4.79. The van der Waals surface area contributed by atoms with Gasteiger partial charge < -0.3 is 31.2 Å². The van der Waals surface area contributed by atoms with Gasteiger partial charge in [0, 0.05) is 120 Å². The van der Waals surface area contributed by atoms with Crippen molar-refractivity contribution in [1.29, 1.82) is 0 Å². The highest BCUT2D eigenvalue weighted by atomic mass is 35.5. The van der Waals surface area contributed by atoms with Gasteiger partial charge in [-0.3, -0.25) is 62.6 Å². The first kappa shape index (κ1) is 99.4. The molecule has 5 amide bonds. The summed E-state index contributed by atoms with van der Waals surface area (Å²) in [6, 6.07) is 73.4. The van der Waals surface area contributed by atoms with Crippen LogP contribution in [0.2, 0.25) is 50.2 Å². The lowest BCUT2D eigenvalue weighted by Crippen LogP contribution is -2.16. The maximum absolute atomic E-state index is 14.1. The third kappa shape index (κ3) is 23.8. The van der Waals surface area contributed by atoms with Crippen LogP contribution in [0.5, 0.6) is 0 Å². The number of fused-ring (bicyclic) bond motifs is 5. The normalized spacial score (nSPS) is 11.0. The second kappa shape index (κ2) is 45.1. The van der Waals surface area contributed by atoms with Gasteiger partial charge in [0.25, 0.3) is 29.5 Å². The minimum Gasteiger partial charge on any atom is -0.342 e. The van der Waals surface area contributed by atoms with E-state index in [0.717, 1.165) is 102 Å². The Labute approximate surface area is 849 Å². The molecule has 9 heterocycles. The number of rotatable bonds is 20. The SMILES string of the molecule is Cc1cncc(F)c1C(=O)Nc1nn(Cc2ccc(Cl)cc2Cl)c2ccccc12.O=C(Nc1ccncc1F)c1cn(Cc2ccc(Cl)cc2Cl)c2ccccc12.O=C(Nc1ccncc1F)c1nn(Cc2ccc(Cl)cc2Cl)c2ccccc12.O=C(Nc1nn(Cc2ccc(Cl)cc2Cl)c2ccccc12)c1ccccc1F.O=C(Nc1nn(Cc2ccc(Cl)cc2Cl)c2ccccc12)c1ccncc1F. The summed E-state index contributed by atoms with van der Waals surface area (Å²) in [5.41, 5.74) is 9.24. The van der Waals surface area contributed by atoms with E-state index >= 15 is 0 Å². The predicted molar refractivity (Wildman–Crippen MR) is 546 cm³/mol. The Morgan fingerprint density at radius 2 is 0.610 bits per heavy atom. The average Bonchev–Trinajstić information content (AvgIpc) is 1.67. The Kier molecular flexibility index (Phi) is 31.8. The molecule has 141 heavy (non-hydrogen) atoms. The number of carbonyl (C=O) groups is 5. The van der Waals surface area contributed by atoms with Gasteiger partial charge in [0.15, 0.2) is 46.4 Å². The zero-order valence-electron chi connectivity index (χ0n) is 73.0. The van der Waals surface area contributed by atoms with Crippen molar-refractivity contribution in [2.24, 2.45) is 0 Å². The fourth-order valence-corrected chi connectivity index (χ4v) is 17.3. The van der Waals surface area contributed by atoms with Crippen LogP contribution in [-0.2, 0) is 32.7 Å². The van der Waals surface area contributed by atoms with Gasteiger partial charge in [-0.1, -0.05) is 231 Å². The first-order valence-corrected chi connectivity index (χ1v) is 46.1. The molecule has 0 fully saturated rings. The van der Waals surface area contributed by atoms with Gasteiger partial charge in [0.1, 0.15) is 5.82 Å². The first-order chi connectivity index (χ1) is 68.0. The average molecular weight is 2090 g/mol. The fourth-order valence-electron chi connectivity index (χ4n) is 14.9. The van der Waals surface area contributed by atoms with Gasteiger partial charge in [0.2, 0.25) is 0 Å². The van der Waals surface area contributed by atoms with Crippen molar-refractivity contribution in [1.82, 2.24) is 63.6 Å². The quantitative estimate of drug-likeness (QED) is 0.0445. The summed E-state index contributed by atoms with van der Waals surface area (Å²) in [6.45, 7) is 3.61. The Morgan fingerprint density at radius 3 is 1.01 bits per heavy atom. The number of anilines is 5. The van der Waals surface area contributed by atoms with Crippen molar-refractivity contribution in [3.63, 3.8) is 0 Å². The first-order valence-electron chi connectivity index (χ1n) is 42.3. The van der Waals surface area contributed by atoms with Crippen LogP contribution in [0.1, 0.15) is 85.3 Å². The van der Waals surface area contributed by atoms with Crippen molar-refractivity contribution in [3.05, 3.63) is 451 Å². The van der Waals surface area contributed by atoms with Crippen molar-refractivity contribution in [2.75, 3.05) is 26.6 Å². The largest absolute Gasteiger partial charge is 0.342 e. The molecular formula is C103H69Cl10F5N18O5. The Morgan fingerprint density at radius 1 is 0.284 bits per heavy atom. The van der Waals surface area contributed by atoms with Crippen LogP contribution in [0.3, 0.4) is 0 Å². The van der Waals surface area contributed by atoms with E-state index in [4.69, 9.17) is 116 Å². The van der Waals surface area contributed by atoms with E-state index in [1.165, 1.54) is 61.2 Å². The summed E-state index contributed by atoms with van der Waals surface area (Å²) in [7, 11) is 0. The molecule has 20 rings (SSSR count). The lowest BCUT2D eigenvalue weighted by Gasteiger charge is -2.08. The van der Waals surface area contributed by atoms with Crippen molar-refractivity contribution >= 4 is 229 Å². The van der Waals surface area contributed by atoms with Crippen LogP contribution in [0, 0.1) is 36.0 Å². The molecule has 0 aliphatic heterocycles. The van der Waals surface area contributed by atoms with E-state index < -0.39 is 58.6 Å². The Balaban J connectivity index is 0.000000127. The molecule has 9 aromatic heterocycles. The maximum Gasteiger partial charge on any atom is 0.276 e. The third-order valence-corrected chi connectivity index (χ3v) is 24.7. The monoisotopic (exact) mass is 2080 g/mol. The fraction of sp³-hybridized carbons (Fsp3) is 0.0583. The van der Waals surface area contributed by atoms with Gasteiger partial charge in [0.05, 0.1) is 107 Å². The lowest BCUT2D eigenvalue weighted by molar-refractivity contribution is 0.101. The second-order valence-electron chi connectivity index (χ2n) is 31.1. The topological polar surface area (TPSA) is 273 Å². The standard InChI is InChI=1S/C21H15Cl2FN4O.2C21H14Cl2FN3O.2C20H13Cl2FN4O/c1-12-9-25-10-17(24)19(12)21(29)26-20-15-4-2-3-5-18(15)28(27-20)11-13-6-7-14(22)8-16(13)23;22-14-10-9-13(17(23)11-14)12-27-19-8-4-2-6-16(19)20(26-27)25-21(28)15-5-1-3-7-18(15)24;22-14-6-5-13(17(23)9-14)11-27-12-16(15-3-1-2-4-20(15)27)21(28)26-19-7-8-25-10-18(19)24;21-13-6-5-12(16(22)9-13)11-27-18-4-2-1-3-15(18)19(26-27)25-20(28)14-7-8-24-10-17(14)23;21-13-6-5-12(15(22)9-13)11-27-18-4-2-1-3-14(18)19(26-27)20(28)25-17-7-8-24-10-16(17)23/h2-10H,11H2,1H3,(H,26,27,29);1-11H,12H2,(H,25,26,28);1-10,12H,11H2,(H,25,26,28);1-10H,11H2,(H,25,26,28);1-10H,11H2,(H,24,25,28). The molecule has 706 valence electrons. The van der Waals surface area contributed by atoms with E-state index in [9.17, 15) is 45.9 Å². The molecule has 23 nitrogen and oxygen atoms in total. The molecule has 11 aromatic carbocycles. The lowest BCUT2D eigenvalue weighted by atomic mass is 10.1. The number of nitrogens with one attached hydrogen (secondary N) is 5. The number of hydrogen-bond donors (Lipinski definition) is 5. The van der Waals surface area contributed by atoms with Crippen LogP contribution in [0.15, 0.2) is 311 Å². The highest BCUT2D eigenvalue weighted by molar-refractivity contribution is 6.37. The number of pyridine rings is 4. The molecule has 0 saturated carbocycles. The molecular weight excluding hydrogens is 2020 g/mol. The third-order valence-electron chi connectivity index (χ3n) is 21.8. The number of amides is 5. The van der Waals surface area contributed by atoms with E-state index in [-0.39, 0.29) is 33.8 Å². The smallest absolute Gasteiger partial charge is 0.276 e. The van der Waals surface area contributed by atoms with Crippen molar-refractivity contribution in [3.8, 4) is 0 Å². The van der Waals surface area contributed by atoms with E-state index in [2.05, 4.69) is 66.9 Å². The van der Waals surface area contributed by atoms with E-state index in [0.29, 0.717) is 117 Å². The summed E-state index contributed by atoms with van der Waals surface area (Å²) < 4.78 is 78.4. The number of carbonyl (C=O) groups excluding carboxylic acids is 5. The van der Waals surface area contributed by atoms with Crippen molar-refractivity contribution < 1.29 is 45.9 Å².